The third-order valence-corrected chi connectivity index (χ3v) is 1.21. The molecule has 0 atom stereocenters. The summed E-state index contributed by atoms with van der Waals surface area (Å²) < 4.78 is 0. The quantitative estimate of drug-likeness (QED) is 0.525. The molecule has 0 fully saturated rings. The minimum Gasteiger partial charge on any atom is -0.0993 e. The Bertz CT molecular complexity index is 70.1. The van der Waals surface area contributed by atoms with E-state index in [4.69, 9.17) is 0 Å². The first-order valence-electron chi connectivity index (χ1n) is 3.20. The van der Waals surface area contributed by atoms with E-state index >= 15 is 0 Å². The van der Waals surface area contributed by atoms with Gasteiger partial charge in [0.25, 0.3) is 0 Å². The van der Waals surface area contributed by atoms with Crippen LogP contribution < -0.4 is 0 Å². The fraction of sp³-hybridized carbons (Fsp3) is 0.625. The van der Waals surface area contributed by atoms with Gasteiger partial charge in [0.1, 0.15) is 0 Å². The van der Waals surface area contributed by atoms with Gasteiger partial charge in [0, 0.05) is 0 Å². The zero-order valence-electron chi connectivity index (χ0n) is 6.07. The number of rotatable bonds is 3. The molecule has 0 aromatic rings. The van der Waals surface area contributed by atoms with E-state index in [1.807, 2.05) is 0 Å². The highest BCUT2D eigenvalue weighted by Gasteiger charge is 1.96. The Morgan fingerprint density at radius 3 is 2.25 bits per heavy atom. The number of allylic oxidation sites excluding steroid dienone is 1. The summed E-state index contributed by atoms with van der Waals surface area (Å²) in [6, 6.07) is 0. The zero-order chi connectivity index (χ0) is 6.57. The molecule has 0 aromatic carbocycles. The molecule has 0 saturated heterocycles. The molecule has 0 amide bonds. The summed E-state index contributed by atoms with van der Waals surface area (Å²) >= 11 is 0. The van der Waals surface area contributed by atoms with Gasteiger partial charge >= 0.3 is 0 Å². The standard InChI is InChI=1S/C8H15/c1-5-6-8(4)7(2)3/h6-7H,4-5H2,1-3H3. The van der Waals surface area contributed by atoms with E-state index in [2.05, 4.69) is 33.8 Å². The van der Waals surface area contributed by atoms with Crippen LogP contribution in [0.4, 0.5) is 0 Å². The molecule has 0 rings (SSSR count). The highest BCUT2D eigenvalue weighted by molar-refractivity contribution is 5.09. The van der Waals surface area contributed by atoms with Crippen LogP contribution in [0.2, 0.25) is 0 Å². The van der Waals surface area contributed by atoms with E-state index in [1.54, 1.807) is 0 Å². The predicted octanol–water partition coefficient (Wildman–Crippen LogP) is 2.81. The van der Waals surface area contributed by atoms with E-state index in [1.165, 1.54) is 5.57 Å². The average molecular weight is 111 g/mol. The van der Waals surface area contributed by atoms with E-state index < -0.39 is 0 Å². The number of hydrogen-bond donors (Lipinski definition) is 0. The molecule has 0 heterocycles. The van der Waals surface area contributed by atoms with Gasteiger partial charge in [-0.25, -0.2) is 0 Å². The van der Waals surface area contributed by atoms with Gasteiger partial charge in [0.15, 0.2) is 0 Å². The van der Waals surface area contributed by atoms with Crippen molar-refractivity contribution in [1.82, 2.24) is 0 Å². The van der Waals surface area contributed by atoms with Gasteiger partial charge in [-0.3, -0.25) is 0 Å². The summed E-state index contributed by atoms with van der Waals surface area (Å²) in [6.07, 6.45) is 3.28. The van der Waals surface area contributed by atoms with Gasteiger partial charge in [0.2, 0.25) is 0 Å². The van der Waals surface area contributed by atoms with E-state index in [-0.39, 0.29) is 0 Å². The summed E-state index contributed by atoms with van der Waals surface area (Å²) in [6.45, 7) is 10.3. The first kappa shape index (κ1) is 7.74. The van der Waals surface area contributed by atoms with E-state index in [0.29, 0.717) is 5.92 Å². The maximum Gasteiger partial charge on any atom is -0.0140 e. The molecule has 0 spiro atoms. The Morgan fingerprint density at radius 2 is 2.12 bits per heavy atom. The van der Waals surface area contributed by atoms with E-state index in [0.717, 1.165) is 6.42 Å². The molecule has 0 N–H and O–H groups in total. The Balaban J connectivity index is 3.33. The van der Waals surface area contributed by atoms with Crippen molar-refractivity contribution in [3.05, 3.63) is 18.6 Å². The molecular formula is C8H15. The van der Waals surface area contributed by atoms with E-state index in [9.17, 15) is 0 Å². The van der Waals surface area contributed by atoms with Crippen molar-refractivity contribution < 1.29 is 0 Å². The predicted molar refractivity (Wildman–Crippen MR) is 38.6 cm³/mol. The summed E-state index contributed by atoms with van der Waals surface area (Å²) in [5.74, 6) is 0.620. The maximum absolute atomic E-state index is 3.89. The topological polar surface area (TPSA) is 0 Å². The molecule has 8 heavy (non-hydrogen) atoms. The molecule has 0 aliphatic heterocycles. The van der Waals surface area contributed by atoms with Gasteiger partial charge in [0.05, 0.1) is 0 Å². The van der Waals surface area contributed by atoms with Gasteiger partial charge in [-0.2, -0.15) is 0 Å². The normalized spacial score (nSPS) is 10.0. The maximum atomic E-state index is 3.89. The second kappa shape index (κ2) is 3.71. The molecule has 0 heteroatoms. The van der Waals surface area contributed by atoms with Crippen LogP contribution in [0.25, 0.3) is 0 Å². The van der Waals surface area contributed by atoms with Gasteiger partial charge in [-0.15, -0.1) is 0 Å². The summed E-state index contributed by atoms with van der Waals surface area (Å²) in [5, 5.41) is 0. The largest absolute Gasteiger partial charge is 0.0993 e. The van der Waals surface area contributed by atoms with Gasteiger partial charge in [-0.1, -0.05) is 32.9 Å². The van der Waals surface area contributed by atoms with Crippen LogP contribution in [0.15, 0.2) is 12.2 Å². The van der Waals surface area contributed by atoms with Crippen LogP contribution in [0.1, 0.15) is 27.2 Å². The molecule has 0 saturated carbocycles. The van der Waals surface area contributed by atoms with Crippen molar-refractivity contribution in [1.29, 1.82) is 0 Å². The molecule has 0 nitrogen and oxygen atoms in total. The van der Waals surface area contributed by atoms with Crippen LogP contribution in [0.5, 0.6) is 0 Å². The Kier molecular flexibility index (Phi) is 3.59. The average Bonchev–Trinajstić information content (AvgIpc) is 1.67. The van der Waals surface area contributed by atoms with Gasteiger partial charge in [-0.05, 0) is 18.8 Å². The summed E-state index contributed by atoms with van der Waals surface area (Å²) in [5.41, 5.74) is 1.26. The lowest BCUT2D eigenvalue weighted by Gasteiger charge is -2.05. The molecule has 47 valence electrons. The second-order valence-corrected chi connectivity index (χ2v) is 2.34. The third-order valence-electron chi connectivity index (χ3n) is 1.21. The highest BCUT2D eigenvalue weighted by atomic mass is 14.0. The summed E-state index contributed by atoms with van der Waals surface area (Å²) in [7, 11) is 0. The Morgan fingerprint density at radius 1 is 1.62 bits per heavy atom. The third kappa shape index (κ3) is 2.84. The van der Waals surface area contributed by atoms with Crippen molar-refractivity contribution in [2.24, 2.45) is 5.92 Å². The molecule has 0 aliphatic rings. The van der Waals surface area contributed by atoms with Crippen LogP contribution in [-0.2, 0) is 0 Å². The molecule has 0 aromatic heterocycles. The smallest absolute Gasteiger partial charge is 0.0140 e. The van der Waals surface area contributed by atoms with Crippen molar-refractivity contribution in [2.75, 3.05) is 0 Å². The Labute approximate surface area is 52.6 Å². The molecular weight excluding hydrogens is 96.1 g/mol. The van der Waals surface area contributed by atoms with Gasteiger partial charge < -0.3 is 0 Å². The number of hydrogen-bond acceptors (Lipinski definition) is 0. The van der Waals surface area contributed by atoms with Crippen LogP contribution in [0.3, 0.4) is 0 Å². The zero-order valence-corrected chi connectivity index (χ0v) is 6.07. The van der Waals surface area contributed by atoms with Crippen molar-refractivity contribution in [3.63, 3.8) is 0 Å². The lowest BCUT2D eigenvalue weighted by atomic mass is 10.0. The monoisotopic (exact) mass is 111 g/mol. The molecule has 0 bridgehead atoms. The lowest BCUT2D eigenvalue weighted by Crippen LogP contribution is -1.90. The SMILES string of the molecule is C=C([CH]CC)C(C)C. The molecule has 1 radical (unpaired) electrons. The highest BCUT2D eigenvalue weighted by Crippen LogP contribution is 2.10. The molecule has 0 aliphatic carbocycles. The first-order chi connectivity index (χ1) is 3.68. The lowest BCUT2D eigenvalue weighted by molar-refractivity contribution is 0.768. The van der Waals surface area contributed by atoms with Crippen LogP contribution >= 0.6 is 0 Å². The summed E-state index contributed by atoms with van der Waals surface area (Å²) in [4.78, 5) is 0. The first-order valence-corrected chi connectivity index (χ1v) is 3.20. The minimum absolute atomic E-state index is 0.620. The van der Waals surface area contributed by atoms with Crippen LogP contribution in [0, 0.1) is 12.3 Å². The van der Waals surface area contributed by atoms with Crippen molar-refractivity contribution in [3.8, 4) is 0 Å². The van der Waals surface area contributed by atoms with Crippen LogP contribution in [-0.4, -0.2) is 0 Å². The molecule has 0 unspecified atom stereocenters. The minimum atomic E-state index is 0.620. The van der Waals surface area contributed by atoms with Crippen molar-refractivity contribution >= 4 is 0 Å². The fourth-order valence-electron chi connectivity index (χ4n) is 0.498. The fourth-order valence-corrected chi connectivity index (χ4v) is 0.498. The second-order valence-electron chi connectivity index (χ2n) is 2.34. The Hall–Kier alpha value is -0.260. The van der Waals surface area contributed by atoms with Crippen molar-refractivity contribution in [2.45, 2.75) is 27.2 Å².